The third-order valence-corrected chi connectivity index (χ3v) is 3.97. The van der Waals surface area contributed by atoms with Crippen molar-refractivity contribution >= 4 is 23.2 Å². The zero-order valence-electron chi connectivity index (χ0n) is 13.8. The smallest absolute Gasteiger partial charge is 0.274 e. The van der Waals surface area contributed by atoms with Crippen molar-refractivity contribution in [3.05, 3.63) is 74.7 Å². The van der Waals surface area contributed by atoms with E-state index in [1.165, 1.54) is 0 Å². The van der Waals surface area contributed by atoms with Crippen LogP contribution in [0.25, 0.3) is 0 Å². The zero-order chi connectivity index (χ0) is 17.8. The van der Waals surface area contributed by atoms with E-state index in [0.717, 1.165) is 22.6 Å². The molecule has 1 heterocycles. The summed E-state index contributed by atoms with van der Waals surface area (Å²) in [6.45, 7) is 1.91. The van der Waals surface area contributed by atoms with Gasteiger partial charge in [0.25, 0.3) is 5.56 Å². The molecule has 3 aromatic rings. The molecule has 2 N–H and O–H groups in total. The van der Waals surface area contributed by atoms with Crippen molar-refractivity contribution in [1.82, 2.24) is 15.2 Å². The van der Waals surface area contributed by atoms with E-state index in [1.54, 1.807) is 13.2 Å². The first-order valence-electron chi connectivity index (χ1n) is 7.67. The Morgan fingerprint density at radius 1 is 1.16 bits per heavy atom. The highest BCUT2D eigenvalue weighted by Gasteiger charge is 2.08. The summed E-state index contributed by atoms with van der Waals surface area (Å²) in [6, 6.07) is 12.9. The van der Waals surface area contributed by atoms with Crippen LogP contribution in [0.5, 0.6) is 5.75 Å². The molecule has 3 rings (SSSR count). The number of anilines is 2. The molecular formula is C18H17ClN4O2. The van der Waals surface area contributed by atoms with E-state index in [9.17, 15) is 4.79 Å². The number of aromatic nitrogens is 3. The average Bonchev–Trinajstić information content (AvgIpc) is 2.60. The standard InChI is InChI=1S/C18H17ClN4O2/c1-11-9-13(19)5-8-15(11)20-18-21-17(24)16(22-23-18)10-12-3-6-14(25-2)7-4-12/h3-9H,10H2,1-2H3,(H2,20,21,23,24). The molecule has 128 valence electrons. The lowest BCUT2D eigenvalue weighted by atomic mass is 10.1. The molecule has 1 aromatic heterocycles. The SMILES string of the molecule is COc1ccc(Cc2nnc(Nc3ccc(Cl)cc3C)[nH]c2=O)cc1. The molecule has 0 fully saturated rings. The number of nitrogens with one attached hydrogen (secondary N) is 2. The van der Waals surface area contributed by atoms with Crippen LogP contribution < -0.4 is 15.6 Å². The number of nitrogens with zero attached hydrogens (tertiary/aromatic N) is 2. The van der Waals surface area contributed by atoms with Crippen molar-refractivity contribution in [3.8, 4) is 5.75 Å². The molecule has 0 spiro atoms. The normalized spacial score (nSPS) is 10.5. The lowest BCUT2D eigenvalue weighted by Crippen LogP contribution is -2.19. The fourth-order valence-electron chi connectivity index (χ4n) is 2.36. The van der Waals surface area contributed by atoms with Gasteiger partial charge in [-0.3, -0.25) is 9.78 Å². The number of rotatable bonds is 5. The third kappa shape index (κ3) is 4.16. The number of hydrogen-bond acceptors (Lipinski definition) is 5. The summed E-state index contributed by atoms with van der Waals surface area (Å²) in [5, 5.41) is 11.8. The maximum atomic E-state index is 12.3. The first-order chi connectivity index (χ1) is 12.0. The number of benzene rings is 2. The summed E-state index contributed by atoms with van der Waals surface area (Å²) in [5.41, 5.74) is 2.77. The van der Waals surface area contributed by atoms with Gasteiger partial charge in [-0.05, 0) is 48.4 Å². The summed E-state index contributed by atoms with van der Waals surface area (Å²) >= 11 is 5.94. The number of halogens is 1. The molecule has 0 amide bonds. The van der Waals surface area contributed by atoms with Gasteiger partial charge >= 0.3 is 0 Å². The van der Waals surface area contributed by atoms with E-state index in [1.807, 2.05) is 43.3 Å². The molecule has 0 bridgehead atoms. The summed E-state index contributed by atoms with van der Waals surface area (Å²) < 4.78 is 5.12. The number of methoxy groups -OCH3 is 1. The van der Waals surface area contributed by atoms with E-state index in [2.05, 4.69) is 20.5 Å². The van der Waals surface area contributed by atoms with Gasteiger partial charge in [-0.25, -0.2) is 0 Å². The van der Waals surface area contributed by atoms with Crippen LogP contribution in [0.1, 0.15) is 16.8 Å². The van der Waals surface area contributed by atoms with E-state index in [4.69, 9.17) is 16.3 Å². The molecule has 0 unspecified atom stereocenters. The minimum atomic E-state index is -0.278. The molecule has 25 heavy (non-hydrogen) atoms. The lowest BCUT2D eigenvalue weighted by Gasteiger charge is -2.08. The molecular weight excluding hydrogens is 340 g/mol. The number of ether oxygens (including phenoxy) is 1. The van der Waals surface area contributed by atoms with Gasteiger partial charge in [0, 0.05) is 17.1 Å². The second kappa shape index (κ2) is 7.36. The van der Waals surface area contributed by atoms with Crippen LogP contribution in [0.3, 0.4) is 0 Å². The highest BCUT2D eigenvalue weighted by Crippen LogP contribution is 2.21. The van der Waals surface area contributed by atoms with Gasteiger partial charge in [-0.15, -0.1) is 10.2 Å². The molecule has 0 aliphatic heterocycles. The van der Waals surface area contributed by atoms with Gasteiger partial charge in [0.15, 0.2) is 0 Å². The summed E-state index contributed by atoms with van der Waals surface area (Å²) in [7, 11) is 1.61. The first kappa shape index (κ1) is 17.0. The van der Waals surface area contributed by atoms with Crippen LogP contribution in [0.2, 0.25) is 5.02 Å². The van der Waals surface area contributed by atoms with Crippen molar-refractivity contribution < 1.29 is 4.74 Å². The molecule has 7 heteroatoms. The maximum absolute atomic E-state index is 12.3. The number of H-pyrrole nitrogens is 1. The maximum Gasteiger partial charge on any atom is 0.274 e. The number of hydrogen-bond donors (Lipinski definition) is 2. The van der Waals surface area contributed by atoms with Crippen LogP contribution in [0, 0.1) is 6.92 Å². The second-order valence-electron chi connectivity index (χ2n) is 5.56. The Balaban J connectivity index is 1.77. The van der Waals surface area contributed by atoms with E-state index < -0.39 is 0 Å². The molecule has 0 aliphatic carbocycles. The monoisotopic (exact) mass is 356 g/mol. The van der Waals surface area contributed by atoms with E-state index in [-0.39, 0.29) is 11.5 Å². The fourth-order valence-corrected chi connectivity index (χ4v) is 2.59. The van der Waals surface area contributed by atoms with Crippen LogP contribution >= 0.6 is 11.6 Å². The largest absolute Gasteiger partial charge is 0.497 e. The Hall–Kier alpha value is -2.86. The highest BCUT2D eigenvalue weighted by atomic mass is 35.5. The van der Waals surface area contributed by atoms with E-state index in [0.29, 0.717) is 17.1 Å². The minimum absolute atomic E-state index is 0.278. The molecule has 0 saturated heterocycles. The molecule has 2 aromatic carbocycles. The fraction of sp³-hybridized carbons (Fsp3) is 0.167. The Morgan fingerprint density at radius 3 is 2.56 bits per heavy atom. The Labute approximate surface area is 149 Å². The minimum Gasteiger partial charge on any atom is -0.497 e. The van der Waals surface area contributed by atoms with Gasteiger partial charge in [0.05, 0.1) is 7.11 Å². The summed E-state index contributed by atoms with van der Waals surface area (Å²) in [6.07, 6.45) is 0.395. The Kier molecular flexibility index (Phi) is 5.00. The number of aromatic amines is 1. The molecule has 0 atom stereocenters. The van der Waals surface area contributed by atoms with Gasteiger partial charge < -0.3 is 10.1 Å². The zero-order valence-corrected chi connectivity index (χ0v) is 14.6. The lowest BCUT2D eigenvalue weighted by molar-refractivity contribution is 0.414. The van der Waals surface area contributed by atoms with Crippen molar-refractivity contribution in [2.24, 2.45) is 0 Å². The van der Waals surface area contributed by atoms with Gasteiger partial charge in [0.1, 0.15) is 11.4 Å². The summed E-state index contributed by atoms with van der Waals surface area (Å²) in [5.74, 6) is 1.05. The van der Waals surface area contributed by atoms with Gasteiger partial charge in [-0.2, -0.15) is 0 Å². The van der Waals surface area contributed by atoms with Crippen molar-refractivity contribution in [3.63, 3.8) is 0 Å². The van der Waals surface area contributed by atoms with Crippen molar-refractivity contribution in [2.75, 3.05) is 12.4 Å². The first-order valence-corrected chi connectivity index (χ1v) is 8.05. The average molecular weight is 357 g/mol. The number of aryl methyl sites for hydroxylation is 1. The molecule has 0 radical (unpaired) electrons. The molecule has 6 nitrogen and oxygen atoms in total. The predicted molar refractivity (Wildman–Crippen MR) is 97.9 cm³/mol. The summed E-state index contributed by atoms with van der Waals surface area (Å²) in [4.78, 5) is 15.0. The van der Waals surface area contributed by atoms with Gasteiger partial charge in [-0.1, -0.05) is 23.7 Å². The second-order valence-corrected chi connectivity index (χ2v) is 5.99. The third-order valence-electron chi connectivity index (χ3n) is 3.74. The van der Waals surface area contributed by atoms with Crippen molar-refractivity contribution in [1.29, 1.82) is 0 Å². The Bertz CT molecular complexity index is 939. The highest BCUT2D eigenvalue weighted by molar-refractivity contribution is 6.30. The van der Waals surface area contributed by atoms with E-state index >= 15 is 0 Å². The molecule has 0 aliphatic rings. The quantitative estimate of drug-likeness (QED) is 0.731. The van der Waals surface area contributed by atoms with Crippen molar-refractivity contribution in [2.45, 2.75) is 13.3 Å². The van der Waals surface area contributed by atoms with Crippen LogP contribution in [0.4, 0.5) is 11.6 Å². The van der Waals surface area contributed by atoms with Gasteiger partial charge in [0.2, 0.25) is 5.95 Å². The predicted octanol–water partition coefficient (Wildman–Crippen LogP) is 3.47. The molecule has 0 saturated carbocycles. The van der Waals surface area contributed by atoms with Crippen LogP contribution in [-0.2, 0) is 6.42 Å². The Morgan fingerprint density at radius 2 is 1.92 bits per heavy atom. The topological polar surface area (TPSA) is 79.9 Å². The van der Waals surface area contributed by atoms with Crippen LogP contribution in [0.15, 0.2) is 47.3 Å². The van der Waals surface area contributed by atoms with Crippen LogP contribution in [-0.4, -0.2) is 22.3 Å².